The fraction of sp³-hybridized carbons (Fsp3) is 0.222. The summed E-state index contributed by atoms with van der Waals surface area (Å²) in [4.78, 5) is 10.3. The molecule has 0 unspecified atom stereocenters. The van der Waals surface area contributed by atoms with Crippen LogP contribution in [0.1, 0.15) is 13.8 Å². The normalized spacial score (nSPS) is 13.1. The molecule has 0 spiro atoms. The molecule has 2 N–H and O–H groups in total. The highest BCUT2D eigenvalue weighted by Crippen LogP contribution is 1.94. The van der Waals surface area contributed by atoms with Crippen molar-refractivity contribution in [3.63, 3.8) is 0 Å². The second-order valence-corrected chi connectivity index (χ2v) is 2.17. The van der Waals surface area contributed by atoms with Crippen LogP contribution in [0.3, 0.4) is 0 Å². The molecule has 0 radical (unpaired) electrons. The van der Waals surface area contributed by atoms with Gasteiger partial charge in [-0.05, 0) is 13.8 Å². The standard InChI is InChI=1S/C9H13NO/c1-3-4-5-8(2)6-7-9(10)11/h3-7H,1-2H3,(H2,10,11)/b4-3-,7-6+,8-5-. The van der Waals surface area contributed by atoms with Crippen molar-refractivity contribution in [3.05, 3.63) is 36.0 Å². The monoisotopic (exact) mass is 151 g/mol. The molecule has 0 saturated heterocycles. The van der Waals surface area contributed by atoms with Gasteiger partial charge in [-0.25, -0.2) is 0 Å². The van der Waals surface area contributed by atoms with Gasteiger partial charge in [0.25, 0.3) is 0 Å². The Morgan fingerprint density at radius 2 is 2.00 bits per heavy atom. The summed E-state index contributed by atoms with van der Waals surface area (Å²) in [6.45, 7) is 3.83. The lowest BCUT2D eigenvalue weighted by atomic mass is 10.2. The minimum atomic E-state index is -0.418. The van der Waals surface area contributed by atoms with Crippen LogP contribution in [-0.2, 0) is 4.79 Å². The molecule has 0 atom stereocenters. The number of allylic oxidation sites excluding steroid dienone is 5. The number of hydrogen-bond acceptors (Lipinski definition) is 1. The Morgan fingerprint density at radius 3 is 2.45 bits per heavy atom. The lowest BCUT2D eigenvalue weighted by Crippen LogP contribution is -2.05. The lowest BCUT2D eigenvalue weighted by molar-refractivity contribution is -0.113. The third-order valence-corrected chi connectivity index (χ3v) is 1.06. The van der Waals surface area contributed by atoms with Gasteiger partial charge in [0, 0.05) is 6.08 Å². The Morgan fingerprint density at radius 1 is 1.36 bits per heavy atom. The van der Waals surface area contributed by atoms with Gasteiger partial charge in [0.2, 0.25) is 5.91 Å². The summed E-state index contributed by atoms with van der Waals surface area (Å²) in [5, 5.41) is 0. The molecule has 0 aromatic carbocycles. The van der Waals surface area contributed by atoms with Gasteiger partial charge in [-0.15, -0.1) is 0 Å². The summed E-state index contributed by atoms with van der Waals surface area (Å²) in [6, 6.07) is 0. The maximum absolute atomic E-state index is 10.3. The van der Waals surface area contributed by atoms with Crippen molar-refractivity contribution in [1.29, 1.82) is 0 Å². The largest absolute Gasteiger partial charge is 0.366 e. The van der Waals surface area contributed by atoms with Crippen LogP contribution in [0.5, 0.6) is 0 Å². The number of nitrogens with two attached hydrogens (primary N) is 1. The van der Waals surface area contributed by atoms with E-state index in [0.29, 0.717) is 0 Å². The van der Waals surface area contributed by atoms with Gasteiger partial charge in [0.15, 0.2) is 0 Å². The number of rotatable bonds is 3. The molecular weight excluding hydrogens is 138 g/mol. The van der Waals surface area contributed by atoms with Crippen LogP contribution in [0, 0.1) is 0 Å². The van der Waals surface area contributed by atoms with Crippen molar-refractivity contribution < 1.29 is 4.79 Å². The molecule has 0 aliphatic heterocycles. The van der Waals surface area contributed by atoms with Gasteiger partial charge in [-0.1, -0.05) is 29.9 Å². The van der Waals surface area contributed by atoms with E-state index in [4.69, 9.17) is 5.73 Å². The number of primary amides is 1. The summed E-state index contributed by atoms with van der Waals surface area (Å²) >= 11 is 0. The maximum atomic E-state index is 10.3. The van der Waals surface area contributed by atoms with Gasteiger partial charge in [-0.2, -0.15) is 0 Å². The molecule has 0 aliphatic rings. The quantitative estimate of drug-likeness (QED) is 0.482. The van der Waals surface area contributed by atoms with E-state index in [1.807, 2.05) is 32.1 Å². The highest BCUT2D eigenvalue weighted by atomic mass is 16.1. The third-order valence-electron chi connectivity index (χ3n) is 1.06. The van der Waals surface area contributed by atoms with Crippen molar-refractivity contribution in [2.45, 2.75) is 13.8 Å². The molecule has 11 heavy (non-hydrogen) atoms. The Kier molecular flexibility index (Phi) is 4.82. The topological polar surface area (TPSA) is 43.1 Å². The van der Waals surface area contributed by atoms with E-state index in [-0.39, 0.29) is 0 Å². The number of carbonyl (C=O) groups excluding carboxylic acids is 1. The second-order valence-electron chi connectivity index (χ2n) is 2.17. The Labute approximate surface area is 67.1 Å². The van der Waals surface area contributed by atoms with E-state index in [9.17, 15) is 4.79 Å². The molecule has 0 aliphatic carbocycles. The number of carbonyl (C=O) groups is 1. The van der Waals surface area contributed by atoms with Crippen molar-refractivity contribution in [2.24, 2.45) is 5.73 Å². The lowest BCUT2D eigenvalue weighted by Gasteiger charge is -1.85. The van der Waals surface area contributed by atoms with Crippen molar-refractivity contribution in [2.75, 3.05) is 0 Å². The summed E-state index contributed by atoms with van der Waals surface area (Å²) in [6.07, 6.45) is 8.75. The molecule has 2 heteroatoms. The second kappa shape index (κ2) is 5.47. The zero-order chi connectivity index (χ0) is 8.69. The summed E-state index contributed by atoms with van der Waals surface area (Å²) in [5.74, 6) is -0.418. The van der Waals surface area contributed by atoms with E-state index >= 15 is 0 Å². The van der Waals surface area contributed by atoms with Gasteiger partial charge >= 0.3 is 0 Å². The molecule has 0 aromatic rings. The van der Waals surface area contributed by atoms with Crippen LogP contribution in [0.25, 0.3) is 0 Å². The van der Waals surface area contributed by atoms with Gasteiger partial charge in [0.05, 0.1) is 0 Å². The molecule has 0 rings (SSSR count). The first kappa shape index (κ1) is 9.69. The molecule has 0 fully saturated rings. The van der Waals surface area contributed by atoms with Crippen molar-refractivity contribution in [3.8, 4) is 0 Å². The van der Waals surface area contributed by atoms with Crippen LogP contribution in [0.4, 0.5) is 0 Å². The zero-order valence-electron chi connectivity index (χ0n) is 6.87. The predicted octanol–water partition coefficient (Wildman–Crippen LogP) is 1.55. The summed E-state index contributed by atoms with van der Waals surface area (Å²) in [7, 11) is 0. The minimum absolute atomic E-state index is 0.418. The van der Waals surface area contributed by atoms with Gasteiger partial charge < -0.3 is 5.73 Å². The fourth-order valence-corrected chi connectivity index (χ4v) is 0.517. The van der Waals surface area contributed by atoms with Crippen LogP contribution in [0.2, 0.25) is 0 Å². The van der Waals surface area contributed by atoms with E-state index in [0.717, 1.165) is 5.57 Å². The molecular formula is C9H13NO. The Balaban J connectivity index is 4.05. The first-order valence-corrected chi connectivity index (χ1v) is 3.44. The van der Waals surface area contributed by atoms with Crippen molar-refractivity contribution >= 4 is 5.91 Å². The molecule has 0 aromatic heterocycles. The highest BCUT2D eigenvalue weighted by molar-refractivity contribution is 5.86. The first-order valence-electron chi connectivity index (χ1n) is 3.44. The number of amides is 1. The predicted molar refractivity (Wildman–Crippen MR) is 46.9 cm³/mol. The van der Waals surface area contributed by atoms with Crippen LogP contribution < -0.4 is 5.73 Å². The summed E-state index contributed by atoms with van der Waals surface area (Å²) in [5.41, 5.74) is 5.90. The average molecular weight is 151 g/mol. The Hall–Kier alpha value is -1.31. The van der Waals surface area contributed by atoms with E-state index in [2.05, 4.69) is 0 Å². The smallest absolute Gasteiger partial charge is 0.241 e. The highest BCUT2D eigenvalue weighted by Gasteiger charge is 1.82. The molecule has 1 amide bonds. The first-order chi connectivity index (χ1) is 5.16. The molecule has 60 valence electrons. The van der Waals surface area contributed by atoms with Crippen molar-refractivity contribution in [1.82, 2.24) is 0 Å². The van der Waals surface area contributed by atoms with Crippen LogP contribution >= 0.6 is 0 Å². The molecule has 0 bridgehead atoms. The maximum Gasteiger partial charge on any atom is 0.241 e. The van der Waals surface area contributed by atoms with Gasteiger partial charge in [0.1, 0.15) is 0 Å². The minimum Gasteiger partial charge on any atom is -0.366 e. The van der Waals surface area contributed by atoms with Crippen LogP contribution in [-0.4, -0.2) is 5.91 Å². The average Bonchev–Trinajstić information content (AvgIpc) is 1.97. The van der Waals surface area contributed by atoms with E-state index in [1.54, 1.807) is 6.08 Å². The molecule has 0 heterocycles. The van der Waals surface area contributed by atoms with Gasteiger partial charge in [-0.3, -0.25) is 4.79 Å². The number of hydrogen-bond donors (Lipinski definition) is 1. The Bertz CT molecular complexity index is 212. The zero-order valence-corrected chi connectivity index (χ0v) is 6.87. The third kappa shape index (κ3) is 6.58. The van der Waals surface area contributed by atoms with E-state index < -0.39 is 5.91 Å². The SMILES string of the molecule is C\C=C/C=C(C)\C=C\C(N)=O. The molecule has 2 nitrogen and oxygen atoms in total. The van der Waals surface area contributed by atoms with E-state index in [1.165, 1.54) is 6.08 Å². The summed E-state index contributed by atoms with van der Waals surface area (Å²) < 4.78 is 0. The fourth-order valence-electron chi connectivity index (χ4n) is 0.517. The van der Waals surface area contributed by atoms with Crippen LogP contribution in [0.15, 0.2) is 36.0 Å². The molecule has 0 saturated carbocycles.